The van der Waals surface area contributed by atoms with Gasteiger partial charge in [-0.1, -0.05) is 12.1 Å². The molecule has 0 aliphatic heterocycles. The Morgan fingerprint density at radius 3 is 2.71 bits per heavy atom. The summed E-state index contributed by atoms with van der Waals surface area (Å²) in [6.07, 6.45) is 1.59. The van der Waals surface area contributed by atoms with Crippen molar-refractivity contribution in [1.29, 1.82) is 0 Å². The van der Waals surface area contributed by atoms with Crippen molar-refractivity contribution in [3.05, 3.63) is 23.8 Å². The molecule has 0 amide bonds. The van der Waals surface area contributed by atoms with Crippen LogP contribution in [0.5, 0.6) is 11.5 Å². The number of methoxy groups -OCH3 is 1. The first-order chi connectivity index (χ1) is 11.2. The first kappa shape index (κ1) is 22.8. The number of para-hydroxylation sites is 1. The first-order valence-electron chi connectivity index (χ1n) is 8.17. The summed E-state index contributed by atoms with van der Waals surface area (Å²) in [4.78, 5) is 4.50. The summed E-state index contributed by atoms with van der Waals surface area (Å²) in [6.45, 7) is 7.71. The SMILES string of the molecule is CCNC(=NCCCOCC)NCCc1cccc(OC)c1O.I. The molecule has 0 heterocycles. The Bertz CT molecular complexity index is 484. The molecule has 0 saturated carbocycles. The molecule has 0 aromatic heterocycles. The highest BCUT2D eigenvalue weighted by Crippen LogP contribution is 2.29. The molecule has 1 rings (SSSR count). The summed E-state index contributed by atoms with van der Waals surface area (Å²) in [5, 5.41) is 16.5. The number of hydrogen-bond acceptors (Lipinski definition) is 4. The number of aliphatic imine (C=N–C) groups is 1. The van der Waals surface area contributed by atoms with Crippen LogP contribution in [0.25, 0.3) is 0 Å². The van der Waals surface area contributed by atoms with Gasteiger partial charge in [0.2, 0.25) is 0 Å². The van der Waals surface area contributed by atoms with Gasteiger partial charge in [0, 0.05) is 32.8 Å². The van der Waals surface area contributed by atoms with Gasteiger partial charge in [-0.15, -0.1) is 24.0 Å². The van der Waals surface area contributed by atoms with E-state index in [1.54, 1.807) is 13.2 Å². The number of rotatable bonds is 10. The number of nitrogens with one attached hydrogen (secondary N) is 2. The first-order valence-corrected chi connectivity index (χ1v) is 8.17. The minimum atomic E-state index is 0. The van der Waals surface area contributed by atoms with Crippen LogP contribution in [0, 0.1) is 0 Å². The van der Waals surface area contributed by atoms with Gasteiger partial charge in [-0.05, 0) is 38.3 Å². The lowest BCUT2D eigenvalue weighted by Crippen LogP contribution is -2.38. The molecule has 0 aliphatic carbocycles. The minimum Gasteiger partial charge on any atom is -0.504 e. The molecule has 0 bridgehead atoms. The van der Waals surface area contributed by atoms with Crippen molar-refractivity contribution < 1.29 is 14.6 Å². The molecule has 1 aromatic carbocycles. The second-order valence-electron chi connectivity index (χ2n) is 4.96. The number of guanidine groups is 1. The van der Waals surface area contributed by atoms with Crippen molar-refractivity contribution in [3.63, 3.8) is 0 Å². The molecule has 0 atom stereocenters. The zero-order valence-electron chi connectivity index (χ0n) is 14.8. The van der Waals surface area contributed by atoms with Crippen LogP contribution in [-0.2, 0) is 11.2 Å². The maximum Gasteiger partial charge on any atom is 0.191 e. The Balaban J connectivity index is 0.00000529. The highest BCUT2D eigenvalue weighted by molar-refractivity contribution is 14.0. The van der Waals surface area contributed by atoms with Gasteiger partial charge in [0.05, 0.1) is 7.11 Å². The quantitative estimate of drug-likeness (QED) is 0.221. The molecule has 0 radical (unpaired) electrons. The molecular weight excluding hydrogens is 421 g/mol. The fraction of sp³-hybridized carbons (Fsp3) is 0.588. The summed E-state index contributed by atoms with van der Waals surface area (Å²) in [6, 6.07) is 5.52. The predicted octanol–water partition coefficient (Wildman–Crippen LogP) is 2.54. The van der Waals surface area contributed by atoms with Crippen molar-refractivity contribution >= 4 is 29.9 Å². The lowest BCUT2D eigenvalue weighted by atomic mass is 10.1. The van der Waals surface area contributed by atoms with E-state index in [-0.39, 0.29) is 29.7 Å². The second-order valence-corrected chi connectivity index (χ2v) is 4.96. The number of benzene rings is 1. The molecule has 0 spiro atoms. The van der Waals surface area contributed by atoms with E-state index in [9.17, 15) is 5.11 Å². The predicted molar refractivity (Wildman–Crippen MR) is 109 cm³/mol. The number of ether oxygens (including phenoxy) is 2. The molecule has 3 N–H and O–H groups in total. The third-order valence-electron chi connectivity index (χ3n) is 3.25. The molecule has 0 saturated heterocycles. The fourth-order valence-corrected chi connectivity index (χ4v) is 2.09. The van der Waals surface area contributed by atoms with E-state index < -0.39 is 0 Å². The van der Waals surface area contributed by atoms with E-state index in [4.69, 9.17) is 9.47 Å². The third-order valence-corrected chi connectivity index (χ3v) is 3.25. The Hall–Kier alpha value is -1.22. The highest BCUT2D eigenvalue weighted by atomic mass is 127. The van der Waals surface area contributed by atoms with Crippen LogP contribution in [0.2, 0.25) is 0 Å². The highest BCUT2D eigenvalue weighted by Gasteiger charge is 2.07. The van der Waals surface area contributed by atoms with Crippen molar-refractivity contribution in [2.45, 2.75) is 26.7 Å². The molecule has 7 heteroatoms. The van der Waals surface area contributed by atoms with E-state index in [0.29, 0.717) is 18.7 Å². The van der Waals surface area contributed by atoms with Crippen LogP contribution in [0.15, 0.2) is 23.2 Å². The average molecular weight is 451 g/mol. The van der Waals surface area contributed by atoms with E-state index in [0.717, 1.165) is 44.2 Å². The summed E-state index contributed by atoms with van der Waals surface area (Å²) in [5.41, 5.74) is 0.851. The van der Waals surface area contributed by atoms with Gasteiger partial charge in [-0.2, -0.15) is 0 Å². The van der Waals surface area contributed by atoms with Gasteiger partial charge >= 0.3 is 0 Å². The third kappa shape index (κ3) is 8.58. The van der Waals surface area contributed by atoms with Crippen molar-refractivity contribution in [2.75, 3.05) is 40.0 Å². The molecule has 6 nitrogen and oxygen atoms in total. The number of halogens is 1. The fourth-order valence-electron chi connectivity index (χ4n) is 2.09. The van der Waals surface area contributed by atoms with Crippen molar-refractivity contribution in [3.8, 4) is 11.5 Å². The monoisotopic (exact) mass is 451 g/mol. The summed E-state index contributed by atoms with van der Waals surface area (Å²) >= 11 is 0. The largest absolute Gasteiger partial charge is 0.504 e. The molecule has 0 unspecified atom stereocenters. The lowest BCUT2D eigenvalue weighted by molar-refractivity contribution is 0.146. The van der Waals surface area contributed by atoms with Crippen LogP contribution >= 0.6 is 24.0 Å². The molecule has 24 heavy (non-hydrogen) atoms. The average Bonchev–Trinajstić information content (AvgIpc) is 2.56. The minimum absolute atomic E-state index is 0. The van der Waals surface area contributed by atoms with Gasteiger partial charge in [-0.25, -0.2) is 0 Å². The van der Waals surface area contributed by atoms with Gasteiger partial charge in [-0.3, -0.25) is 4.99 Å². The second kappa shape index (κ2) is 14.2. The smallest absolute Gasteiger partial charge is 0.191 e. The van der Waals surface area contributed by atoms with E-state index in [2.05, 4.69) is 15.6 Å². The summed E-state index contributed by atoms with van der Waals surface area (Å²) in [5.74, 6) is 1.49. The summed E-state index contributed by atoms with van der Waals surface area (Å²) in [7, 11) is 1.55. The number of hydrogen-bond donors (Lipinski definition) is 3. The normalized spacial score (nSPS) is 10.9. The number of phenols is 1. The lowest BCUT2D eigenvalue weighted by Gasteiger charge is -2.12. The molecule has 0 aliphatic rings. The Morgan fingerprint density at radius 2 is 2.04 bits per heavy atom. The van der Waals surface area contributed by atoms with Crippen LogP contribution in [-0.4, -0.2) is 51.0 Å². The van der Waals surface area contributed by atoms with Crippen LogP contribution < -0.4 is 15.4 Å². The van der Waals surface area contributed by atoms with E-state index in [1.807, 2.05) is 26.0 Å². The molecular formula is C17H30IN3O3. The van der Waals surface area contributed by atoms with Crippen LogP contribution in [0.3, 0.4) is 0 Å². The van der Waals surface area contributed by atoms with Crippen molar-refractivity contribution in [1.82, 2.24) is 10.6 Å². The van der Waals surface area contributed by atoms with Gasteiger partial charge in [0.1, 0.15) is 0 Å². The topological polar surface area (TPSA) is 75.1 Å². The maximum atomic E-state index is 10.1. The Morgan fingerprint density at radius 1 is 1.25 bits per heavy atom. The van der Waals surface area contributed by atoms with Gasteiger partial charge in [0.25, 0.3) is 0 Å². The van der Waals surface area contributed by atoms with E-state index >= 15 is 0 Å². The molecule has 0 fully saturated rings. The van der Waals surface area contributed by atoms with Gasteiger partial charge in [0.15, 0.2) is 17.5 Å². The van der Waals surface area contributed by atoms with Crippen LogP contribution in [0.4, 0.5) is 0 Å². The Labute approximate surface area is 162 Å². The maximum absolute atomic E-state index is 10.1. The number of nitrogens with zero attached hydrogens (tertiary/aromatic N) is 1. The zero-order valence-corrected chi connectivity index (χ0v) is 17.1. The molecule has 138 valence electrons. The van der Waals surface area contributed by atoms with E-state index in [1.165, 1.54) is 0 Å². The number of aromatic hydroxyl groups is 1. The summed E-state index contributed by atoms with van der Waals surface area (Å²) < 4.78 is 10.4. The van der Waals surface area contributed by atoms with Crippen molar-refractivity contribution in [2.24, 2.45) is 4.99 Å². The standard InChI is InChI=1S/C17H29N3O3.HI/c1-4-18-17(19-11-7-13-23-5-2)20-12-10-14-8-6-9-15(22-3)16(14)21;/h6,8-9,21H,4-5,7,10-13H2,1-3H3,(H2,18,19,20);1H. The van der Waals surface area contributed by atoms with Gasteiger partial charge < -0.3 is 25.2 Å². The Kier molecular flexibility index (Phi) is 13.4. The zero-order chi connectivity index (χ0) is 16.9. The number of phenolic OH excluding ortho intramolecular Hbond substituents is 1. The van der Waals surface area contributed by atoms with Crippen LogP contribution in [0.1, 0.15) is 25.8 Å². The molecule has 1 aromatic rings.